The standard InChI is InChI=1S/C27H37N3O4/c1-17-11-12-18(2)19(14-17)15-22(29-25(33)34-27(6,7)8)23(31)16-21-20(10-9-13-28-21)24(32)30-26(3,4)5/h9-14,22H,15-16H2,1-8H3,(H,29,33)(H,30,32). The maximum atomic E-state index is 13.4. The molecule has 0 saturated carbocycles. The minimum atomic E-state index is -0.837. The van der Waals surface area contributed by atoms with Crippen molar-refractivity contribution in [3.63, 3.8) is 0 Å². The highest BCUT2D eigenvalue weighted by atomic mass is 16.6. The number of aromatic nitrogens is 1. The van der Waals surface area contributed by atoms with Gasteiger partial charge in [0, 0.05) is 18.2 Å². The molecule has 0 radical (unpaired) electrons. The summed E-state index contributed by atoms with van der Waals surface area (Å²) in [6.45, 7) is 14.9. The van der Waals surface area contributed by atoms with Crippen LogP contribution >= 0.6 is 0 Å². The monoisotopic (exact) mass is 467 g/mol. The van der Waals surface area contributed by atoms with Crippen LogP contribution in [0.5, 0.6) is 0 Å². The number of hydrogen-bond donors (Lipinski definition) is 2. The Morgan fingerprint density at radius 3 is 2.32 bits per heavy atom. The zero-order valence-electron chi connectivity index (χ0n) is 21.5. The molecule has 2 rings (SSSR count). The Morgan fingerprint density at radius 1 is 1.03 bits per heavy atom. The summed E-state index contributed by atoms with van der Waals surface area (Å²) in [7, 11) is 0. The van der Waals surface area contributed by atoms with Gasteiger partial charge in [0.25, 0.3) is 5.91 Å². The lowest BCUT2D eigenvalue weighted by atomic mass is 9.94. The largest absolute Gasteiger partial charge is 0.444 e. The quantitative estimate of drug-likeness (QED) is 0.626. The Hall–Kier alpha value is -3.22. The summed E-state index contributed by atoms with van der Waals surface area (Å²) in [6, 6.07) is 8.49. The van der Waals surface area contributed by atoms with Gasteiger partial charge < -0.3 is 15.4 Å². The zero-order chi connectivity index (χ0) is 25.7. The Morgan fingerprint density at radius 2 is 1.71 bits per heavy atom. The number of amides is 2. The van der Waals surface area contributed by atoms with Gasteiger partial charge in [-0.1, -0.05) is 23.8 Å². The topological polar surface area (TPSA) is 97.4 Å². The number of carbonyl (C=O) groups is 3. The summed E-state index contributed by atoms with van der Waals surface area (Å²) in [4.78, 5) is 43.1. The van der Waals surface area contributed by atoms with Crippen LogP contribution < -0.4 is 10.6 Å². The minimum absolute atomic E-state index is 0.0982. The number of hydrogen-bond acceptors (Lipinski definition) is 5. The van der Waals surface area contributed by atoms with Gasteiger partial charge >= 0.3 is 6.09 Å². The molecule has 2 aromatic rings. The molecule has 0 fully saturated rings. The van der Waals surface area contributed by atoms with Crippen LogP contribution in [0.1, 0.15) is 74.3 Å². The smallest absolute Gasteiger partial charge is 0.408 e. The van der Waals surface area contributed by atoms with Crippen molar-refractivity contribution in [3.8, 4) is 0 Å². The van der Waals surface area contributed by atoms with Crippen LogP contribution in [0, 0.1) is 13.8 Å². The number of nitrogens with zero attached hydrogens (tertiary/aromatic N) is 1. The Kier molecular flexibility index (Phi) is 8.59. The number of pyridine rings is 1. The third-order valence-electron chi connectivity index (χ3n) is 4.97. The van der Waals surface area contributed by atoms with E-state index >= 15 is 0 Å². The lowest BCUT2D eigenvalue weighted by molar-refractivity contribution is -0.120. The number of Topliss-reactive ketones (excluding diaryl/α,β-unsaturated/α-hetero) is 1. The van der Waals surface area contributed by atoms with Crippen LogP contribution in [-0.2, 0) is 22.4 Å². The minimum Gasteiger partial charge on any atom is -0.444 e. The molecule has 7 nitrogen and oxygen atoms in total. The van der Waals surface area contributed by atoms with Gasteiger partial charge in [0.2, 0.25) is 0 Å². The third-order valence-corrected chi connectivity index (χ3v) is 4.97. The van der Waals surface area contributed by atoms with Crippen molar-refractivity contribution in [3.05, 3.63) is 64.5 Å². The molecule has 1 aromatic carbocycles. The molecule has 34 heavy (non-hydrogen) atoms. The second-order valence-corrected chi connectivity index (χ2v) is 10.7. The van der Waals surface area contributed by atoms with Crippen LogP contribution in [0.15, 0.2) is 36.5 Å². The molecule has 0 saturated heterocycles. The van der Waals surface area contributed by atoms with Crippen LogP contribution in [0.2, 0.25) is 0 Å². The summed E-state index contributed by atoms with van der Waals surface area (Å²) in [6.07, 6.45) is 1.10. The molecule has 1 atom stereocenters. The SMILES string of the molecule is Cc1ccc(C)c(CC(NC(=O)OC(C)(C)C)C(=O)Cc2ncccc2C(=O)NC(C)(C)C)c1. The second-order valence-electron chi connectivity index (χ2n) is 10.7. The average molecular weight is 468 g/mol. The number of rotatable bonds is 7. The number of nitrogens with one attached hydrogen (secondary N) is 2. The van der Waals surface area contributed by atoms with Gasteiger partial charge in [0.05, 0.1) is 23.7 Å². The Balaban J connectivity index is 2.32. The average Bonchev–Trinajstić information content (AvgIpc) is 2.67. The first-order valence-electron chi connectivity index (χ1n) is 11.5. The first-order chi connectivity index (χ1) is 15.6. The fourth-order valence-electron chi connectivity index (χ4n) is 3.42. The van der Waals surface area contributed by atoms with E-state index in [9.17, 15) is 14.4 Å². The second kappa shape index (κ2) is 10.8. The van der Waals surface area contributed by atoms with Crippen LogP contribution in [0.3, 0.4) is 0 Å². The molecule has 0 aliphatic heterocycles. The van der Waals surface area contributed by atoms with E-state index in [2.05, 4.69) is 15.6 Å². The van der Waals surface area contributed by atoms with E-state index in [-0.39, 0.29) is 18.1 Å². The maximum Gasteiger partial charge on any atom is 0.408 e. The lowest BCUT2D eigenvalue weighted by Gasteiger charge is -2.24. The van der Waals surface area contributed by atoms with Gasteiger partial charge in [-0.3, -0.25) is 14.6 Å². The van der Waals surface area contributed by atoms with Crippen molar-refractivity contribution in [1.29, 1.82) is 0 Å². The van der Waals surface area contributed by atoms with Crippen LogP contribution in [0.4, 0.5) is 4.79 Å². The predicted molar refractivity (Wildman–Crippen MR) is 133 cm³/mol. The van der Waals surface area contributed by atoms with Gasteiger partial charge in [-0.05, 0) is 78.6 Å². The zero-order valence-corrected chi connectivity index (χ0v) is 21.5. The first kappa shape index (κ1) is 27.0. The molecule has 1 aromatic heterocycles. The van der Waals surface area contributed by atoms with E-state index < -0.39 is 23.3 Å². The molecule has 0 bridgehead atoms. The van der Waals surface area contributed by atoms with Gasteiger partial charge in [-0.2, -0.15) is 0 Å². The fourth-order valence-corrected chi connectivity index (χ4v) is 3.42. The molecule has 2 amide bonds. The van der Waals surface area contributed by atoms with Gasteiger partial charge in [0.1, 0.15) is 5.60 Å². The molecule has 0 spiro atoms. The van der Waals surface area contributed by atoms with E-state index in [1.165, 1.54) is 0 Å². The van der Waals surface area contributed by atoms with Crippen LogP contribution in [-0.4, -0.2) is 39.9 Å². The van der Waals surface area contributed by atoms with E-state index in [4.69, 9.17) is 4.74 Å². The molecule has 7 heteroatoms. The van der Waals surface area contributed by atoms with Crippen molar-refractivity contribution in [1.82, 2.24) is 15.6 Å². The maximum absolute atomic E-state index is 13.4. The number of ether oxygens (including phenoxy) is 1. The van der Waals surface area contributed by atoms with Crippen molar-refractivity contribution in [2.45, 2.75) is 85.4 Å². The van der Waals surface area contributed by atoms with Crippen molar-refractivity contribution in [2.75, 3.05) is 0 Å². The van der Waals surface area contributed by atoms with Crippen molar-refractivity contribution >= 4 is 17.8 Å². The van der Waals surface area contributed by atoms with Gasteiger partial charge in [-0.15, -0.1) is 0 Å². The molecule has 184 valence electrons. The van der Waals surface area contributed by atoms with E-state index in [1.807, 2.05) is 52.8 Å². The van der Waals surface area contributed by atoms with Crippen molar-refractivity contribution < 1.29 is 19.1 Å². The molecular formula is C27H37N3O4. The highest BCUT2D eigenvalue weighted by Crippen LogP contribution is 2.16. The summed E-state index contributed by atoms with van der Waals surface area (Å²) in [5.74, 6) is -0.551. The number of ketones is 1. The fraction of sp³-hybridized carbons (Fsp3) is 0.481. The van der Waals surface area contributed by atoms with Crippen molar-refractivity contribution in [2.24, 2.45) is 0 Å². The van der Waals surface area contributed by atoms with Gasteiger partial charge in [-0.25, -0.2) is 4.79 Å². The highest BCUT2D eigenvalue weighted by Gasteiger charge is 2.27. The Bertz CT molecular complexity index is 1050. The molecule has 2 N–H and O–H groups in total. The Labute approximate surface area is 202 Å². The predicted octanol–water partition coefficient (Wildman–Crippen LogP) is 4.47. The molecule has 0 aliphatic rings. The van der Waals surface area contributed by atoms with E-state index in [1.54, 1.807) is 39.1 Å². The molecule has 1 unspecified atom stereocenters. The summed E-state index contributed by atoms with van der Waals surface area (Å²) in [5.41, 5.74) is 2.63. The highest BCUT2D eigenvalue weighted by molar-refractivity contribution is 5.98. The normalized spacial score (nSPS) is 12.6. The number of alkyl carbamates (subject to hydrolysis) is 1. The summed E-state index contributed by atoms with van der Waals surface area (Å²) in [5, 5.41) is 5.65. The van der Waals surface area contributed by atoms with Gasteiger partial charge in [0.15, 0.2) is 5.78 Å². The summed E-state index contributed by atoms with van der Waals surface area (Å²) < 4.78 is 5.40. The number of benzene rings is 1. The van der Waals surface area contributed by atoms with E-state index in [0.717, 1.165) is 16.7 Å². The first-order valence-corrected chi connectivity index (χ1v) is 11.5. The molecule has 1 heterocycles. The number of aryl methyl sites for hydroxylation is 2. The lowest BCUT2D eigenvalue weighted by Crippen LogP contribution is -2.46. The van der Waals surface area contributed by atoms with Crippen LogP contribution in [0.25, 0.3) is 0 Å². The third kappa shape index (κ3) is 8.61. The molecule has 0 aliphatic carbocycles. The summed E-state index contributed by atoms with van der Waals surface area (Å²) >= 11 is 0. The number of carbonyl (C=O) groups excluding carboxylic acids is 3. The molecular weight excluding hydrogens is 430 g/mol. The van der Waals surface area contributed by atoms with E-state index in [0.29, 0.717) is 17.7 Å².